The number of hydrogen-bond acceptors (Lipinski definition) is 7. The highest BCUT2D eigenvalue weighted by Gasteiger charge is 2.33. The van der Waals surface area contributed by atoms with E-state index in [4.69, 9.17) is 11.0 Å². The number of sulfone groups is 1. The zero-order valence-electron chi connectivity index (χ0n) is 9.96. The van der Waals surface area contributed by atoms with Crippen LogP contribution in [0.25, 0.3) is 0 Å². The van der Waals surface area contributed by atoms with Crippen LogP contribution in [-0.2, 0) is 9.84 Å². The van der Waals surface area contributed by atoms with Crippen LogP contribution in [0.5, 0.6) is 0 Å². The maximum Gasteiger partial charge on any atom is 0.183 e. The first-order valence-corrected chi connectivity index (χ1v) is 8.24. The molecule has 0 saturated carbocycles. The van der Waals surface area contributed by atoms with Gasteiger partial charge in [-0.05, 0) is 13.3 Å². The Morgan fingerprint density at radius 2 is 2.39 bits per heavy atom. The summed E-state index contributed by atoms with van der Waals surface area (Å²) in [5.74, 6) is 0.850. The average Bonchev–Trinajstić information content (AvgIpc) is 2.83. The van der Waals surface area contributed by atoms with Crippen molar-refractivity contribution >= 4 is 32.1 Å². The summed E-state index contributed by atoms with van der Waals surface area (Å²) < 4.78 is 23.0. The van der Waals surface area contributed by atoms with Gasteiger partial charge in [-0.15, -0.1) is 0 Å². The van der Waals surface area contributed by atoms with Gasteiger partial charge in [0, 0.05) is 12.6 Å². The molecule has 2 heterocycles. The van der Waals surface area contributed by atoms with Crippen molar-refractivity contribution in [3.05, 3.63) is 4.88 Å². The van der Waals surface area contributed by atoms with Crippen molar-refractivity contribution in [1.29, 1.82) is 5.26 Å². The van der Waals surface area contributed by atoms with Crippen LogP contribution in [0, 0.1) is 11.3 Å². The molecule has 0 aromatic carbocycles. The fourth-order valence-corrected chi connectivity index (χ4v) is 4.57. The molecule has 1 aliphatic rings. The van der Waals surface area contributed by atoms with Crippen molar-refractivity contribution in [3.63, 3.8) is 0 Å². The highest BCUT2D eigenvalue weighted by atomic mass is 32.2. The van der Waals surface area contributed by atoms with Crippen molar-refractivity contribution in [3.8, 4) is 6.07 Å². The first kappa shape index (κ1) is 13.1. The molecule has 0 bridgehead atoms. The molecule has 1 fully saturated rings. The SMILES string of the molecule is CCN(c1nc(N)sc1C#N)C1CCS(=O)(=O)C1. The van der Waals surface area contributed by atoms with Gasteiger partial charge < -0.3 is 10.6 Å². The van der Waals surface area contributed by atoms with Gasteiger partial charge in [-0.3, -0.25) is 0 Å². The molecular weight excluding hydrogens is 272 g/mol. The monoisotopic (exact) mass is 286 g/mol. The smallest absolute Gasteiger partial charge is 0.183 e. The second-order valence-electron chi connectivity index (χ2n) is 4.16. The average molecular weight is 286 g/mol. The third-order valence-corrected chi connectivity index (χ3v) is 5.52. The Morgan fingerprint density at radius 3 is 2.89 bits per heavy atom. The third-order valence-electron chi connectivity index (χ3n) is 2.99. The zero-order valence-corrected chi connectivity index (χ0v) is 11.6. The molecule has 0 spiro atoms. The van der Waals surface area contributed by atoms with E-state index >= 15 is 0 Å². The van der Waals surface area contributed by atoms with E-state index in [2.05, 4.69) is 11.1 Å². The Bertz CT molecular complexity index is 588. The molecular formula is C10H14N4O2S2. The maximum absolute atomic E-state index is 11.5. The molecule has 1 unspecified atom stereocenters. The van der Waals surface area contributed by atoms with E-state index in [0.717, 1.165) is 11.3 Å². The number of nitrogens with two attached hydrogens (primary N) is 1. The molecule has 0 aliphatic carbocycles. The number of aromatic nitrogens is 1. The van der Waals surface area contributed by atoms with E-state index in [9.17, 15) is 8.42 Å². The lowest BCUT2D eigenvalue weighted by atomic mass is 10.2. The van der Waals surface area contributed by atoms with Gasteiger partial charge in [-0.25, -0.2) is 13.4 Å². The molecule has 1 saturated heterocycles. The number of nitrogens with zero attached hydrogens (tertiary/aromatic N) is 3. The molecule has 1 aromatic heterocycles. The lowest BCUT2D eigenvalue weighted by Gasteiger charge is -2.26. The Kier molecular flexibility index (Phi) is 3.45. The van der Waals surface area contributed by atoms with Gasteiger partial charge in [-0.1, -0.05) is 11.3 Å². The predicted molar refractivity (Wildman–Crippen MR) is 71.3 cm³/mol. The molecule has 6 nitrogen and oxygen atoms in total. The van der Waals surface area contributed by atoms with Crippen molar-refractivity contribution < 1.29 is 8.42 Å². The summed E-state index contributed by atoms with van der Waals surface area (Å²) in [5, 5.41) is 9.38. The summed E-state index contributed by atoms with van der Waals surface area (Å²) in [6.07, 6.45) is 0.582. The Morgan fingerprint density at radius 1 is 1.67 bits per heavy atom. The Labute approximate surface area is 110 Å². The predicted octanol–water partition coefficient (Wildman–Crippen LogP) is 0.610. The van der Waals surface area contributed by atoms with Crippen LogP contribution in [-0.4, -0.2) is 37.5 Å². The normalized spacial score (nSPS) is 21.7. The number of nitrogen functional groups attached to an aromatic ring is 1. The second-order valence-corrected chi connectivity index (χ2v) is 7.42. The number of hydrogen-bond donors (Lipinski definition) is 1. The van der Waals surface area contributed by atoms with Gasteiger partial charge in [0.15, 0.2) is 25.7 Å². The standard InChI is InChI=1S/C10H14N4O2S2/c1-2-14(7-3-4-18(15,16)6-7)9-8(5-11)17-10(12)13-9/h7H,2-4,6H2,1H3,(H2,12,13). The number of thiazole rings is 1. The summed E-state index contributed by atoms with van der Waals surface area (Å²) >= 11 is 1.13. The first-order valence-electron chi connectivity index (χ1n) is 5.60. The van der Waals surface area contributed by atoms with Gasteiger partial charge in [0.2, 0.25) is 0 Å². The zero-order chi connectivity index (χ0) is 13.3. The highest BCUT2D eigenvalue weighted by Crippen LogP contribution is 2.31. The van der Waals surface area contributed by atoms with Crippen molar-refractivity contribution in [2.24, 2.45) is 0 Å². The van der Waals surface area contributed by atoms with Gasteiger partial charge in [0.05, 0.1) is 11.5 Å². The van der Waals surface area contributed by atoms with Gasteiger partial charge >= 0.3 is 0 Å². The van der Waals surface area contributed by atoms with E-state index < -0.39 is 9.84 Å². The summed E-state index contributed by atoms with van der Waals surface area (Å²) in [6.45, 7) is 2.53. The van der Waals surface area contributed by atoms with Gasteiger partial charge in [-0.2, -0.15) is 5.26 Å². The van der Waals surface area contributed by atoms with Crippen LogP contribution < -0.4 is 10.6 Å². The molecule has 1 atom stereocenters. The highest BCUT2D eigenvalue weighted by molar-refractivity contribution is 7.91. The first-order chi connectivity index (χ1) is 8.46. The summed E-state index contributed by atoms with van der Waals surface area (Å²) in [5.41, 5.74) is 5.61. The summed E-state index contributed by atoms with van der Waals surface area (Å²) in [4.78, 5) is 6.46. The lowest BCUT2D eigenvalue weighted by molar-refractivity contribution is 0.599. The minimum atomic E-state index is -2.95. The second kappa shape index (κ2) is 4.74. The van der Waals surface area contributed by atoms with Gasteiger partial charge in [0.1, 0.15) is 6.07 Å². The van der Waals surface area contributed by atoms with Crippen LogP contribution in [0.2, 0.25) is 0 Å². The van der Waals surface area contributed by atoms with Crippen LogP contribution in [0.4, 0.5) is 10.9 Å². The van der Waals surface area contributed by atoms with E-state index in [1.165, 1.54) is 0 Å². The van der Waals surface area contributed by atoms with E-state index in [-0.39, 0.29) is 17.5 Å². The number of rotatable bonds is 3. The minimum Gasteiger partial charge on any atom is -0.375 e. The minimum absolute atomic E-state index is 0.103. The van der Waals surface area contributed by atoms with Crippen LogP contribution in [0.3, 0.4) is 0 Å². The van der Waals surface area contributed by atoms with E-state index in [1.54, 1.807) is 0 Å². The van der Waals surface area contributed by atoms with Crippen molar-refractivity contribution in [2.75, 3.05) is 28.7 Å². The quantitative estimate of drug-likeness (QED) is 0.873. The molecule has 1 aliphatic heterocycles. The molecule has 98 valence electrons. The number of anilines is 2. The molecule has 0 radical (unpaired) electrons. The third kappa shape index (κ3) is 2.42. The van der Waals surface area contributed by atoms with Crippen molar-refractivity contribution in [2.45, 2.75) is 19.4 Å². The maximum atomic E-state index is 11.5. The van der Waals surface area contributed by atoms with E-state index in [1.807, 2.05) is 11.8 Å². The van der Waals surface area contributed by atoms with Crippen LogP contribution in [0.15, 0.2) is 0 Å². The van der Waals surface area contributed by atoms with Gasteiger partial charge in [0.25, 0.3) is 0 Å². The van der Waals surface area contributed by atoms with E-state index in [0.29, 0.717) is 28.8 Å². The number of nitriles is 1. The Balaban J connectivity index is 2.32. The van der Waals surface area contributed by atoms with Crippen LogP contribution in [0.1, 0.15) is 18.2 Å². The lowest BCUT2D eigenvalue weighted by Crippen LogP contribution is -2.36. The molecule has 18 heavy (non-hydrogen) atoms. The molecule has 1 aromatic rings. The topological polar surface area (TPSA) is 100 Å². The Hall–Kier alpha value is -1.33. The van der Waals surface area contributed by atoms with Crippen LogP contribution >= 0.6 is 11.3 Å². The fraction of sp³-hybridized carbons (Fsp3) is 0.600. The summed E-state index contributed by atoms with van der Waals surface area (Å²) in [7, 11) is -2.95. The summed E-state index contributed by atoms with van der Waals surface area (Å²) in [6, 6.07) is 1.96. The molecule has 0 amide bonds. The van der Waals surface area contributed by atoms with Crippen molar-refractivity contribution in [1.82, 2.24) is 4.98 Å². The molecule has 2 rings (SSSR count). The molecule has 8 heteroatoms. The largest absolute Gasteiger partial charge is 0.375 e. The molecule has 2 N–H and O–H groups in total. The fourth-order valence-electron chi connectivity index (χ4n) is 2.20.